The van der Waals surface area contributed by atoms with Crippen LogP contribution in [-0.4, -0.2) is 67.0 Å². The maximum Gasteiger partial charge on any atom is 0.0229 e. The quantitative estimate of drug-likeness (QED) is 0.630. The molecule has 0 bridgehead atoms. The Labute approximate surface area is 136 Å². The first-order valence-electron chi connectivity index (χ1n) is 6.52. The molecule has 0 aliphatic carbocycles. The molecule has 104 valence electrons. The minimum absolute atomic E-state index is 0.934. The molecule has 0 saturated carbocycles. The lowest BCUT2D eigenvalue weighted by molar-refractivity contribution is 1.04. The molecule has 0 aromatic rings. The van der Waals surface area contributed by atoms with Gasteiger partial charge >= 0.3 is 0 Å². The molecule has 3 fully saturated rings. The third kappa shape index (κ3) is 5.14. The van der Waals surface area contributed by atoms with Crippen LogP contribution in [-0.2, 0) is 0 Å². The molecule has 0 spiro atoms. The molecule has 3 saturated heterocycles. The monoisotopic (exact) mass is 356 g/mol. The summed E-state index contributed by atoms with van der Waals surface area (Å²) in [5.74, 6) is 11.3. The minimum Gasteiger partial charge on any atom is -0.160 e. The van der Waals surface area contributed by atoms with Crippen LogP contribution < -0.4 is 0 Å². The van der Waals surface area contributed by atoms with E-state index in [0.717, 1.165) is 21.0 Å². The molecule has 3 aliphatic heterocycles. The second-order valence-corrected chi connectivity index (χ2v) is 12.4. The van der Waals surface area contributed by atoms with Crippen molar-refractivity contribution in [2.45, 2.75) is 21.0 Å². The zero-order valence-corrected chi connectivity index (χ0v) is 15.3. The van der Waals surface area contributed by atoms with Crippen molar-refractivity contribution >= 4 is 70.6 Å². The summed E-state index contributed by atoms with van der Waals surface area (Å²) in [6.07, 6.45) is 0. The molecule has 0 nitrogen and oxygen atoms in total. The van der Waals surface area contributed by atoms with Gasteiger partial charge in [-0.3, -0.25) is 0 Å². The Morgan fingerprint density at radius 3 is 1.72 bits per heavy atom. The van der Waals surface area contributed by atoms with Crippen molar-refractivity contribution in [1.82, 2.24) is 0 Å². The van der Waals surface area contributed by atoms with Gasteiger partial charge in [0.1, 0.15) is 0 Å². The van der Waals surface area contributed by atoms with Crippen molar-refractivity contribution < 1.29 is 0 Å². The van der Waals surface area contributed by atoms with Crippen LogP contribution in [0.4, 0.5) is 0 Å². The van der Waals surface area contributed by atoms with Crippen LogP contribution in [0.3, 0.4) is 0 Å². The summed E-state index contributed by atoms with van der Waals surface area (Å²) in [4.78, 5) is 0. The average molecular weight is 357 g/mol. The molecule has 0 aromatic heterocycles. The lowest BCUT2D eigenvalue weighted by Crippen LogP contribution is -2.28. The Balaban J connectivity index is 1.23. The SMILES string of the molecule is C1SCC1SCC1CSC(CSCC2CS2)CS1. The predicted octanol–water partition coefficient (Wildman–Crippen LogP) is 3.90. The molecule has 3 unspecified atom stereocenters. The summed E-state index contributed by atoms with van der Waals surface area (Å²) >= 11 is 13.2. The van der Waals surface area contributed by atoms with E-state index in [0.29, 0.717) is 0 Å². The molecule has 0 N–H and O–H groups in total. The standard InChI is InChI=1S/C12H20S6/c1-9(2-13-1)15-7-12-8-17-11(6-18-12)4-14-3-10-5-16-10/h9-12H,1-8H2. The van der Waals surface area contributed by atoms with E-state index >= 15 is 0 Å². The molecule has 3 heterocycles. The molecule has 3 rings (SSSR count). The summed E-state index contributed by atoms with van der Waals surface area (Å²) in [6.45, 7) is 0. The van der Waals surface area contributed by atoms with Gasteiger partial charge < -0.3 is 0 Å². The van der Waals surface area contributed by atoms with Gasteiger partial charge in [-0.15, -0.1) is 0 Å². The minimum atomic E-state index is 0.934. The third-order valence-corrected chi connectivity index (χ3v) is 12.4. The first kappa shape index (κ1) is 15.0. The molecule has 18 heavy (non-hydrogen) atoms. The summed E-state index contributed by atoms with van der Waals surface area (Å²) < 4.78 is 0. The normalized spacial score (nSPS) is 36.3. The fourth-order valence-electron chi connectivity index (χ4n) is 1.82. The van der Waals surface area contributed by atoms with Gasteiger partial charge in [0.2, 0.25) is 0 Å². The predicted molar refractivity (Wildman–Crippen MR) is 99.6 cm³/mol. The van der Waals surface area contributed by atoms with E-state index < -0.39 is 0 Å². The highest BCUT2D eigenvalue weighted by atomic mass is 32.2. The van der Waals surface area contributed by atoms with Crippen molar-refractivity contribution in [3.05, 3.63) is 0 Å². The van der Waals surface area contributed by atoms with Crippen molar-refractivity contribution in [2.75, 3.05) is 46.0 Å². The highest BCUT2D eigenvalue weighted by Crippen LogP contribution is 2.38. The maximum atomic E-state index is 2.26. The number of rotatable bonds is 7. The lowest BCUT2D eigenvalue weighted by Gasteiger charge is -2.30. The zero-order chi connectivity index (χ0) is 12.2. The highest BCUT2D eigenvalue weighted by molar-refractivity contribution is 8.11. The molecular formula is C12H20S6. The van der Waals surface area contributed by atoms with Gasteiger partial charge in [0.05, 0.1) is 0 Å². The number of thioether (sulfide) groups is 6. The molecule has 0 aromatic carbocycles. The molecule has 3 atom stereocenters. The molecule has 6 heteroatoms. The van der Waals surface area contributed by atoms with E-state index in [1.165, 1.54) is 46.0 Å². The van der Waals surface area contributed by atoms with Gasteiger partial charge in [-0.25, -0.2) is 0 Å². The number of hydrogen-bond donors (Lipinski definition) is 0. The number of hydrogen-bond acceptors (Lipinski definition) is 6. The third-order valence-electron chi connectivity index (χ3n) is 3.17. The van der Waals surface area contributed by atoms with Crippen LogP contribution in [0.15, 0.2) is 0 Å². The fourth-order valence-corrected chi connectivity index (χ4v) is 10.2. The first-order chi connectivity index (χ1) is 8.90. The Morgan fingerprint density at radius 2 is 1.28 bits per heavy atom. The van der Waals surface area contributed by atoms with Gasteiger partial charge in [-0.1, -0.05) is 0 Å². The van der Waals surface area contributed by atoms with Crippen LogP contribution in [0.2, 0.25) is 0 Å². The van der Waals surface area contributed by atoms with E-state index in [4.69, 9.17) is 0 Å². The van der Waals surface area contributed by atoms with E-state index in [-0.39, 0.29) is 0 Å². The van der Waals surface area contributed by atoms with Crippen LogP contribution in [0.1, 0.15) is 0 Å². The van der Waals surface area contributed by atoms with Crippen molar-refractivity contribution in [3.8, 4) is 0 Å². The van der Waals surface area contributed by atoms with Crippen LogP contribution in [0, 0.1) is 0 Å². The highest BCUT2D eigenvalue weighted by Gasteiger charge is 2.26. The zero-order valence-electron chi connectivity index (χ0n) is 10.4. The average Bonchev–Trinajstić information content (AvgIpc) is 3.13. The summed E-state index contributed by atoms with van der Waals surface area (Å²) in [5.41, 5.74) is 0. The second kappa shape index (κ2) is 7.92. The largest absolute Gasteiger partial charge is 0.160 e. The summed E-state index contributed by atoms with van der Waals surface area (Å²) in [6, 6.07) is 0. The summed E-state index contributed by atoms with van der Waals surface area (Å²) in [7, 11) is 0. The van der Waals surface area contributed by atoms with E-state index in [9.17, 15) is 0 Å². The van der Waals surface area contributed by atoms with Crippen molar-refractivity contribution in [3.63, 3.8) is 0 Å². The van der Waals surface area contributed by atoms with Gasteiger partial charge in [0, 0.05) is 67.0 Å². The van der Waals surface area contributed by atoms with Gasteiger partial charge in [0.25, 0.3) is 0 Å². The topological polar surface area (TPSA) is 0 Å². The Hall–Kier alpha value is 2.10. The van der Waals surface area contributed by atoms with Crippen molar-refractivity contribution in [2.24, 2.45) is 0 Å². The molecule has 3 aliphatic rings. The van der Waals surface area contributed by atoms with Gasteiger partial charge in [0.15, 0.2) is 0 Å². The van der Waals surface area contributed by atoms with E-state index in [2.05, 4.69) is 70.6 Å². The smallest absolute Gasteiger partial charge is 0.0229 e. The van der Waals surface area contributed by atoms with E-state index in [1.54, 1.807) is 0 Å². The Bertz CT molecular complexity index is 245. The first-order valence-corrected chi connectivity index (χ1v) is 13.0. The molecule has 0 radical (unpaired) electrons. The van der Waals surface area contributed by atoms with Crippen LogP contribution in [0.5, 0.6) is 0 Å². The van der Waals surface area contributed by atoms with Gasteiger partial charge in [-0.2, -0.15) is 70.6 Å². The molecular weight excluding hydrogens is 337 g/mol. The van der Waals surface area contributed by atoms with Crippen molar-refractivity contribution in [1.29, 1.82) is 0 Å². The fraction of sp³-hybridized carbons (Fsp3) is 1.00. The van der Waals surface area contributed by atoms with Crippen LogP contribution >= 0.6 is 70.6 Å². The van der Waals surface area contributed by atoms with E-state index in [1.807, 2.05) is 0 Å². The maximum absolute atomic E-state index is 2.26. The second-order valence-electron chi connectivity index (χ2n) is 4.90. The Morgan fingerprint density at radius 1 is 0.722 bits per heavy atom. The lowest BCUT2D eigenvalue weighted by atomic mass is 10.5. The van der Waals surface area contributed by atoms with Gasteiger partial charge in [-0.05, 0) is 0 Å². The Kier molecular flexibility index (Phi) is 6.61. The summed E-state index contributed by atoms with van der Waals surface area (Å²) in [5, 5.41) is 3.88. The van der Waals surface area contributed by atoms with Crippen LogP contribution in [0.25, 0.3) is 0 Å². The molecule has 0 amide bonds.